The third-order valence-corrected chi connectivity index (χ3v) is 3.70. The second-order valence-corrected chi connectivity index (χ2v) is 5.81. The second kappa shape index (κ2) is 9.47. The molecule has 2 aromatic rings. The van der Waals surface area contributed by atoms with Gasteiger partial charge in [-0.05, 0) is 49.2 Å². The smallest absolute Gasteiger partial charge is 0.323 e. The van der Waals surface area contributed by atoms with Crippen LogP contribution in [0.2, 0.25) is 0 Å². The zero-order valence-electron chi connectivity index (χ0n) is 14.8. The van der Waals surface area contributed by atoms with Crippen molar-refractivity contribution in [1.82, 2.24) is 4.90 Å². The molecule has 5 nitrogen and oxygen atoms in total. The summed E-state index contributed by atoms with van der Waals surface area (Å²) in [6.45, 7) is 5.64. The van der Waals surface area contributed by atoms with Gasteiger partial charge in [0.1, 0.15) is 0 Å². The number of para-hydroxylation sites is 1. The third-order valence-electron chi connectivity index (χ3n) is 3.70. The van der Waals surface area contributed by atoms with E-state index in [1.165, 1.54) is 0 Å². The molecule has 0 fully saturated rings. The maximum atomic E-state index is 12.5. The van der Waals surface area contributed by atoms with Crippen molar-refractivity contribution in [2.24, 2.45) is 0 Å². The predicted molar refractivity (Wildman–Crippen MR) is 102 cm³/mol. The molecule has 3 amide bonds. The molecule has 0 aliphatic carbocycles. The minimum atomic E-state index is -0.316. The molecule has 0 heterocycles. The SMILES string of the molecule is CCCN(CCC)C(=O)c1ccc(NC(=O)Nc2ccccc2)cc1. The normalized spacial score (nSPS) is 10.2. The average molecular weight is 339 g/mol. The van der Waals surface area contributed by atoms with Crippen LogP contribution in [0.5, 0.6) is 0 Å². The lowest BCUT2D eigenvalue weighted by molar-refractivity contribution is 0.0755. The van der Waals surface area contributed by atoms with Gasteiger partial charge < -0.3 is 15.5 Å². The Balaban J connectivity index is 1.96. The van der Waals surface area contributed by atoms with E-state index >= 15 is 0 Å². The first kappa shape index (κ1) is 18.5. The lowest BCUT2D eigenvalue weighted by atomic mass is 10.1. The van der Waals surface area contributed by atoms with Gasteiger partial charge in [-0.2, -0.15) is 0 Å². The Morgan fingerprint density at radius 3 is 1.84 bits per heavy atom. The molecule has 0 bridgehead atoms. The topological polar surface area (TPSA) is 61.4 Å². The zero-order valence-corrected chi connectivity index (χ0v) is 14.8. The summed E-state index contributed by atoms with van der Waals surface area (Å²) in [6, 6.07) is 15.9. The van der Waals surface area contributed by atoms with Crippen molar-refractivity contribution in [2.45, 2.75) is 26.7 Å². The van der Waals surface area contributed by atoms with Crippen LogP contribution in [0.1, 0.15) is 37.0 Å². The van der Waals surface area contributed by atoms with Crippen LogP contribution < -0.4 is 10.6 Å². The fraction of sp³-hybridized carbons (Fsp3) is 0.300. The summed E-state index contributed by atoms with van der Waals surface area (Å²) in [5.74, 6) is 0.0315. The van der Waals surface area contributed by atoms with Gasteiger partial charge in [-0.1, -0.05) is 32.0 Å². The van der Waals surface area contributed by atoms with Crippen molar-refractivity contribution in [3.8, 4) is 0 Å². The highest BCUT2D eigenvalue weighted by Crippen LogP contribution is 2.13. The van der Waals surface area contributed by atoms with E-state index in [0.717, 1.165) is 31.6 Å². The number of rotatable bonds is 7. The molecule has 5 heteroatoms. The maximum Gasteiger partial charge on any atom is 0.323 e. The van der Waals surface area contributed by atoms with Crippen LogP contribution in [-0.2, 0) is 0 Å². The summed E-state index contributed by atoms with van der Waals surface area (Å²) in [7, 11) is 0. The molecule has 2 rings (SSSR count). The molecule has 0 radical (unpaired) electrons. The maximum absolute atomic E-state index is 12.5. The minimum Gasteiger partial charge on any atom is -0.339 e. The summed E-state index contributed by atoms with van der Waals surface area (Å²) < 4.78 is 0. The van der Waals surface area contributed by atoms with E-state index < -0.39 is 0 Å². The molecule has 0 spiro atoms. The lowest BCUT2D eigenvalue weighted by Crippen LogP contribution is -2.32. The number of benzene rings is 2. The number of hydrogen-bond donors (Lipinski definition) is 2. The van der Waals surface area contributed by atoms with Gasteiger partial charge in [0.25, 0.3) is 5.91 Å². The molecule has 0 aliphatic heterocycles. The summed E-state index contributed by atoms with van der Waals surface area (Å²) in [4.78, 5) is 26.4. The van der Waals surface area contributed by atoms with Crippen molar-refractivity contribution in [3.05, 3.63) is 60.2 Å². The van der Waals surface area contributed by atoms with Gasteiger partial charge in [-0.3, -0.25) is 4.79 Å². The molecule has 0 saturated heterocycles. The number of urea groups is 1. The van der Waals surface area contributed by atoms with Gasteiger partial charge in [-0.25, -0.2) is 4.79 Å². The Labute approximate surface area is 149 Å². The zero-order chi connectivity index (χ0) is 18.1. The van der Waals surface area contributed by atoms with Crippen molar-refractivity contribution in [1.29, 1.82) is 0 Å². The van der Waals surface area contributed by atoms with Crippen molar-refractivity contribution < 1.29 is 9.59 Å². The summed E-state index contributed by atoms with van der Waals surface area (Å²) in [5, 5.41) is 5.52. The highest BCUT2D eigenvalue weighted by Gasteiger charge is 2.14. The Morgan fingerprint density at radius 1 is 0.800 bits per heavy atom. The Hall–Kier alpha value is -2.82. The molecule has 0 atom stereocenters. The molecule has 2 N–H and O–H groups in total. The Morgan fingerprint density at radius 2 is 1.32 bits per heavy atom. The predicted octanol–water partition coefficient (Wildman–Crippen LogP) is 4.59. The fourth-order valence-corrected chi connectivity index (χ4v) is 2.55. The van der Waals surface area contributed by atoms with E-state index in [-0.39, 0.29) is 11.9 Å². The summed E-state index contributed by atoms with van der Waals surface area (Å²) in [6.07, 6.45) is 1.87. The van der Waals surface area contributed by atoms with Crippen LogP contribution in [0.4, 0.5) is 16.2 Å². The molecule has 2 aromatic carbocycles. The lowest BCUT2D eigenvalue weighted by Gasteiger charge is -2.21. The van der Waals surface area contributed by atoms with Crippen LogP contribution in [0.3, 0.4) is 0 Å². The van der Waals surface area contributed by atoms with E-state index in [0.29, 0.717) is 11.3 Å². The first-order valence-electron chi connectivity index (χ1n) is 8.66. The number of carbonyl (C=O) groups excluding carboxylic acids is 2. The van der Waals surface area contributed by atoms with Crippen molar-refractivity contribution in [2.75, 3.05) is 23.7 Å². The van der Waals surface area contributed by atoms with Crippen molar-refractivity contribution >= 4 is 23.3 Å². The van der Waals surface area contributed by atoms with E-state index in [1.54, 1.807) is 24.3 Å². The summed E-state index contributed by atoms with van der Waals surface area (Å²) in [5.41, 5.74) is 2.00. The van der Waals surface area contributed by atoms with Gasteiger partial charge in [0.05, 0.1) is 0 Å². The molecule has 0 unspecified atom stereocenters. The van der Waals surface area contributed by atoms with E-state index in [9.17, 15) is 9.59 Å². The highest BCUT2D eigenvalue weighted by molar-refractivity contribution is 6.00. The molecule has 132 valence electrons. The molecule has 25 heavy (non-hydrogen) atoms. The van der Waals surface area contributed by atoms with E-state index in [4.69, 9.17) is 0 Å². The van der Waals surface area contributed by atoms with Gasteiger partial charge in [0.15, 0.2) is 0 Å². The van der Waals surface area contributed by atoms with E-state index in [1.807, 2.05) is 35.2 Å². The Kier molecular flexibility index (Phi) is 7.01. The quantitative estimate of drug-likeness (QED) is 0.775. The third kappa shape index (κ3) is 5.64. The van der Waals surface area contributed by atoms with Gasteiger partial charge in [-0.15, -0.1) is 0 Å². The van der Waals surface area contributed by atoms with Crippen LogP contribution in [0.15, 0.2) is 54.6 Å². The van der Waals surface area contributed by atoms with Crippen LogP contribution in [0, 0.1) is 0 Å². The molecule has 0 aromatic heterocycles. The number of amides is 3. The van der Waals surface area contributed by atoms with E-state index in [2.05, 4.69) is 24.5 Å². The molecule has 0 aliphatic rings. The fourth-order valence-electron chi connectivity index (χ4n) is 2.55. The van der Waals surface area contributed by atoms with Gasteiger partial charge >= 0.3 is 6.03 Å². The highest BCUT2D eigenvalue weighted by atomic mass is 16.2. The Bertz CT molecular complexity index is 678. The number of nitrogens with zero attached hydrogens (tertiary/aromatic N) is 1. The first-order chi connectivity index (χ1) is 12.1. The van der Waals surface area contributed by atoms with Gasteiger partial charge in [0, 0.05) is 30.0 Å². The van der Waals surface area contributed by atoms with Crippen LogP contribution >= 0.6 is 0 Å². The van der Waals surface area contributed by atoms with Crippen LogP contribution in [0.25, 0.3) is 0 Å². The van der Waals surface area contributed by atoms with Gasteiger partial charge in [0.2, 0.25) is 0 Å². The minimum absolute atomic E-state index is 0.0315. The number of nitrogens with one attached hydrogen (secondary N) is 2. The number of anilines is 2. The standard InChI is InChI=1S/C20H25N3O2/c1-3-14-23(15-4-2)19(24)16-10-12-18(13-11-16)22-20(25)21-17-8-6-5-7-9-17/h5-13H,3-4,14-15H2,1-2H3,(H2,21,22,25). The number of carbonyl (C=O) groups is 2. The molecular formula is C20H25N3O2. The average Bonchev–Trinajstić information content (AvgIpc) is 2.62. The molecule has 0 saturated carbocycles. The first-order valence-corrected chi connectivity index (χ1v) is 8.66. The number of hydrogen-bond acceptors (Lipinski definition) is 2. The summed E-state index contributed by atoms with van der Waals surface area (Å²) >= 11 is 0. The second-order valence-electron chi connectivity index (χ2n) is 5.81. The van der Waals surface area contributed by atoms with Crippen LogP contribution in [-0.4, -0.2) is 29.9 Å². The molecular weight excluding hydrogens is 314 g/mol. The largest absolute Gasteiger partial charge is 0.339 e. The monoisotopic (exact) mass is 339 g/mol. The van der Waals surface area contributed by atoms with Crippen molar-refractivity contribution in [3.63, 3.8) is 0 Å².